The van der Waals surface area contributed by atoms with Crippen LogP contribution in [-0.4, -0.2) is 30.5 Å². The minimum atomic E-state index is -4.39. The molecule has 1 atom stereocenters. The highest BCUT2D eigenvalue weighted by Gasteiger charge is 2.28. The molecule has 0 amide bonds. The van der Waals surface area contributed by atoms with Crippen LogP contribution < -0.4 is 0 Å². The van der Waals surface area contributed by atoms with E-state index in [1.54, 1.807) is 24.3 Å². The van der Waals surface area contributed by atoms with Gasteiger partial charge in [0.2, 0.25) is 0 Å². The molecule has 3 nitrogen and oxygen atoms in total. The second kappa shape index (κ2) is 7.64. The van der Waals surface area contributed by atoms with Crippen molar-refractivity contribution in [2.45, 2.75) is 19.0 Å². The fraction of sp³-hybridized carbons (Fsp3) is 0.462. The third-order valence-electron chi connectivity index (χ3n) is 2.65. The number of ether oxygens (including phenoxy) is 1. The van der Waals surface area contributed by atoms with E-state index in [-0.39, 0.29) is 19.4 Å². The summed E-state index contributed by atoms with van der Waals surface area (Å²) in [6.07, 6.45) is -4.11. The molecule has 0 bridgehead atoms. The van der Waals surface area contributed by atoms with E-state index in [0.29, 0.717) is 0 Å². The van der Waals surface area contributed by atoms with E-state index in [9.17, 15) is 18.0 Å². The Morgan fingerprint density at radius 2 is 2.00 bits per heavy atom. The lowest BCUT2D eigenvalue weighted by Crippen LogP contribution is -2.22. The first-order chi connectivity index (χ1) is 9.29. The minimum Gasteiger partial charge on any atom is -0.481 e. The number of aliphatic carboxylic acids is 1. The summed E-state index contributed by atoms with van der Waals surface area (Å²) >= 11 is 3.31. The average molecular weight is 355 g/mol. The molecule has 0 heterocycles. The fourth-order valence-corrected chi connectivity index (χ4v) is 2.10. The molecule has 0 aliphatic carbocycles. The second-order valence-corrected chi connectivity index (χ2v) is 5.14. The van der Waals surface area contributed by atoms with Gasteiger partial charge in [-0.15, -0.1) is 0 Å². The zero-order chi connectivity index (χ0) is 15.2. The number of halogens is 4. The Morgan fingerprint density at radius 1 is 1.35 bits per heavy atom. The van der Waals surface area contributed by atoms with Crippen molar-refractivity contribution >= 4 is 21.9 Å². The first-order valence-corrected chi connectivity index (χ1v) is 6.69. The Morgan fingerprint density at radius 3 is 2.55 bits per heavy atom. The molecule has 1 rings (SSSR count). The molecule has 20 heavy (non-hydrogen) atoms. The highest BCUT2D eigenvalue weighted by atomic mass is 79.9. The molecule has 7 heteroatoms. The van der Waals surface area contributed by atoms with E-state index in [2.05, 4.69) is 20.7 Å². The van der Waals surface area contributed by atoms with Crippen LogP contribution in [0.3, 0.4) is 0 Å². The van der Waals surface area contributed by atoms with Crippen LogP contribution in [0.15, 0.2) is 28.7 Å². The van der Waals surface area contributed by atoms with Crippen molar-refractivity contribution in [2.24, 2.45) is 5.92 Å². The van der Waals surface area contributed by atoms with Crippen LogP contribution in [0, 0.1) is 5.92 Å². The summed E-state index contributed by atoms with van der Waals surface area (Å²) in [5.41, 5.74) is 0.802. The number of hydrogen-bond acceptors (Lipinski definition) is 2. The quantitative estimate of drug-likeness (QED) is 0.760. The minimum absolute atomic E-state index is 0.0345. The smallest absolute Gasteiger partial charge is 0.411 e. The van der Waals surface area contributed by atoms with Gasteiger partial charge in [-0.2, -0.15) is 13.2 Å². The Hall–Kier alpha value is -1.08. The van der Waals surface area contributed by atoms with E-state index in [0.717, 1.165) is 10.0 Å². The topological polar surface area (TPSA) is 46.5 Å². The third kappa shape index (κ3) is 6.38. The molecule has 0 aromatic heterocycles. The molecule has 112 valence electrons. The predicted molar refractivity (Wildman–Crippen MR) is 70.5 cm³/mol. The lowest BCUT2D eigenvalue weighted by molar-refractivity contribution is -0.175. The maximum absolute atomic E-state index is 11.9. The van der Waals surface area contributed by atoms with Crippen molar-refractivity contribution in [1.29, 1.82) is 0 Å². The Balaban J connectivity index is 2.50. The molecular formula is C13H14BrF3O3. The Kier molecular flexibility index (Phi) is 6.48. The summed E-state index contributed by atoms with van der Waals surface area (Å²) < 4.78 is 40.9. The van der Waals surface area contributed by atoms with Gasteiger partial charge in [-0.05, 0) is 24.5 Å². The van der Waals surface area contributed by atoms with Gasteiger partial charge >= 0.3 is 12.1 Å². The van der Waals surface area contributed by atoms with Gasteiger partial charge < -0.3 is 9.84 Å². The Labute approximate surface area is 122 Å². The number of carboxylic acid groups (broad SMARTS) is 1. The SMILES string of the molecule is O=C(O)C(CCOCC(F)(F)F)Cc1ccccc1Br. The zero-order valence-corrected chi connectivity index (χ0v) is 12.1. The van der Waals surface area contributed by atoms with Crippen LogP contribution in [-0.2, 0) is 16.0 Å². The largest absolute Gasteiger partial charge is 0.481 e. The van der Waals surface area contributed by atoms with Crippen molar-refractivity contribution in [3.05, 3.63) is 34.3 Å². The molecule has 0 fully saturated rings. The van der Waals surface area contributed by atoms with Crippen molar-refractivity contribution in [3.63, 3.8) is 0 Å². The number of rotatable bonds is 7. The van der Waals surface area contributed by atoms with E-state index >= 15 is 0 Å². The number of carbonyl (C=O) groups is 1. The highest BCUT2D eigenvalue weighted by Crippen LogP contribution is 2.21. The van der Waals surface area contributed by atoms with E-state index in [4.69, 9.17) is 5.11 Å². The van der Waals surface area contributed by atoms with E-state index in [1.165, 1.54) is 0 Å². The summed E-state index contributed by atoms with van der Waals surface area (Å²) in [7, 11) is 0. The van der Waals surface area contributed by atoms with Gasteiger partial charge in [-0.1, -0.05) is 34.1 Å². The van der Waals surface area contributed by atoms with Crippen LogP contribution in [0.2, 0.25) is 0 Å². The predicted octanol–water partition coefficient (Wildman–Crippen LogP) is 3.66. The highest BCUT2D eigenvalue weighted by molar-refractivity contribution is 9.10. The second-order valence-electron chi connectivity index (χ2n) is 4.29. The molecule has 1 N–H and O–H groups in total. The number of benzene rings is 1. The normalized spacial score (nSPS) is 13.2. The molecule has 0 aliphatic heterocycles. The van der Waals surface area contributed by atoms with Gasteiger partial charge in [-0.3, -0.25) is 4.79 Å². The average Bonchev–Trinajstić information content (AvgIpc) is 2.33. The molecule has 0 spiro atoms. The molecule has 1 unspecified atom stereocenters. The maximum atomic E-state index is 11.9. The first-order valence-electron chi connectivity index (χ1n) is 5.90. The van der Waals surface area contributed by atoms with Crippen LogP contribution in [0.5, 0.6) is 0 Å². The van der Waals surface area contributed by atoms with Gasteiger partial charge in [-0.25, -0.2) is 0 Å². The van der Waals surface area contributed by atoms with E-state index < -0.39 is 24.7 Å². The number of alkyl halides is 3. The van der Waals surface area contributed by atoms with Crippen LogP contribution >= 0.6 is 15.9 Å². The van der Waals surface area contributed by atoms with Gasteiger partial charge in [0.15, 0.2) is 0 Å². The van der Waals surface area contributed by atoms with Crippen molar-refractivity contribution in [3.8, 4) is 0 Å². The molecule has 1 aromatic rings. The summed E-state index contributed by atoms with van der Waals surface area (Å²) in [5, 5.41) is 9.09. The van der Waals surface area contributed by atoms with Crippen LogP contribution in [0.1, 0.15) is 12.0 Å². The van der Waals surface area contributed by atoms with Crippen molar-refractivity contribution in [2.75, 3.05) is 13.2 Å². The third-order valence-corrected chi connectivity index (χ3v) is 3.42. The van der Waals surface area contributed by atoms with Crippen molar-refractivity contribution in [1.82, 2.24) is 0 Å². The van der Waals surface area contributed by atoms with Crippen molar-refractivity contribution < 1.29 is 27.8 Å². The van der Waals surface area contributed by atoms with Gasteiger partial charge in [0.05, 0.1) is 5.92 Å². The summed E-state index contributed by atoms with van der Waals surface area (Å²) in [6.45, 7) is -1.59. The van der Waals surface area contributed by atoms with E-state index in [1.807, 2.05) is 0 Å². The van der Waals surface area contributed by atoms with Gasteiger partial charge in [0, 0.05) is 11.1 Å². The lowest BCUT2D eigenvalue weighted by atomic mass is 9.97. The van der Waals surface area contributed by atoms with Gasteiger partial charge in [0.1, 0.15) is 6.61 Å². The lowest BCUT2D eigenvalue weighted by Gasteiger charge is -2.14. The molecule has 0 saturated heterocycles. The standard InChI is InChI=1S/C13H14BrF3O3/c14-11-4-2-1-3-9(11)7-10(12(18)19)5-6-20-8-13(15,16)17/h1-4,10H,5-8H2,(H,18,19). The number of carboxylic acids is 1. The summed E-state index contributed by atoms with van der Waals surface area (Å²) in [6, 6.07) is 7.14. The van der Waals surface area contributed by atoms with Crippen LogP contribution in [0.4, 0.5) is 13.2 Å². The zero-order valence-electron chi connectivity index (χ0n) is 10.5. The molecule has 1 aromatic carbocycles. The summed E-state index contributed by atoms with van der Waals surface area (Å²) in [4.78, 5) is 11.1. The maximum Gasteiger partial charge on any atom is 0.411 e. The monoisotopic (exact) mass is 354 g/mol. The molecule has 0 saturated carbocycles. The van der Waals surface area contributed by atoms with Crippen LogP contribution in [0.25, 0.3) is 0 Å². The fourth-order valence-electron chi connectivity index (χ4n) is 1.66. The number of hydrogen-bond donors (Lipinski definition) is 1. The molecular weight excluding hydrogens is 341 g/mol. The first kappa shape index (κ1) is 17.0. The molecule has 0 radical (unpaired) electrons. The summed E-state index contributed by atoms with van der Waals surface area (Å²) in [5.74, 6) is -1.82. The Bertz CT molecular complexity index is 449. The van der Waals surface area contributed by atoms with Gasteiger partial charge in [0.25, 0.3) is 0 Å². The molecule has 0 aliphatic rings.